The minimum Gasteiger partial charge on any atom is -0.496 e. The van der Waals surface area contributed by atoms with Gasteiger partial charge in [0.15, 0.2) is 0 Å². The summed E-state index contributed by atoms with van der Waals surface area (Å²) in [6, 6.07) is 4.56. The highest BCUT2D eigenvalue weighted by atomic mass is 79.9. The lowest BCUT2D eigenvalue weighted by Gasteiger charge is -2.32. The van der Waals surface area contributed by atoms with Gasteiger partial charge in [0.25, 0.3) is 0 Å². The summed E-state index contributed by atoms with van der Waals surface area (Å²) in [6.07, 6.45) is 0. The van der Waals surface area contributed by atoms with E-state index < -0.39 is 0 Å². The molecule has 0 aromatic heterocycles. The number of rotatable bonds is 4. The number of methoxy groups -OCH3 is 2. The Bertz CT molecular complexity index is 440. The Labute approximate surface area is 123 Å². The maximum Gasteiger partial charge on any atom is 0.133 e. The molecule has 0 saturated carbocycles. The maximum absolute atomic E-state index is 5.47. The van der Waals surface area contributed by atoms with Gasteiger partial charge in [-0.15, -0.1) is 0 Å². The molecule has 106 valence electrons. The molecule has 0 radical (unpaired) electrons. The van der Waals surface area contributed by atoms with E-state index in [1.54, 1.807) is 14.2 Å². The van der Waals surface area contributed by atoms with Crippen molar-refractivity contribution in [2.24, 2.45) is 0 Å². The summed E-state index contributed by atoms with van der Waals surface area (Å²) in [5.41, 5.74) is 1.16. The quantitative estimate of drug-likeness (QED) is 0.919. The molecule has 1 fully saturated rings. The monoisotopic (exact) mass is 328 g/mol. The van der Waals surface area contributed by atoms with Gasteiger partial charge in [0.1, 0.15) is 11.5 Å². The van der Waals surface area contributed by atoms with Gasteiger partial charge in [-0.2, -0.15) is 0 Å². The minimum absolute atomic E-state index is 0.539. The zero-order valence-electron chi connectivity index (χ0n) is 11.7. The molecule has 1 aliphatic rings. The molecule has 1 atom stereocenters. The predicted octanol–water partition coefficient (Wildman–Crippen LogP) is 2.26. The molecule has 1 unspecified atom stereocenters. The van der Waals surface area contributed by atoms with E-state index in [2.05, 4.69) is 39.1 Å². The molecule has 1 aromatic carbocycles. The molecule has 4 nitrogen and oxygen atoms in total. The van der Waals surface area contributed by atoms with E-state index in [0.717, 1.165) is 47.7 Å². The normalized spacial score (nSPS) is 20.3. The molecule has 1 saturated heterocycles. The van der Waals surface area contributed by atoms with Crippen LogP contribution < -0.4 is 14.8 Å². The van der Waals surface area contributed by atoms with Gasteiger partial charge in [0, 0.05) is 37.8 Å². The summed E-state index contributed by atoms with van der Waals surface area (Å²) in [5.74, 6) is 1.75. The lowest BCUT2D eigenvalue weighted by molar-refractivity contribution is 0.197. The first-order valence-corrected chi connectivity index (χ1v) is 7.29. The molecular formula is C14H21BrN2O2. The molecule has 0 aliphatic carbocycles. The fourth-order valence-corrected chi connectivity index (χ4v) is 2.93. The van der Waals surface area contributed by atoms with Crippen LogP contribution >= 0.6 is 15.9 Å². The number of halogens is 1. The number of ether oxygens (including phenoxy) is 2. The second-order valence-corrected chi connectivity index (χ2v) is 5.74. The van der Waals surface area contributed by atoms with Crippen LogP contribution in [0.5, 0.6) is 11.5 Å². The molecule has 19 heavy (non-hydrogen) atoms. The van der Waals surface area contributed by atoms with Gasteiger partial charge in [-0.25, -0.2) is 0 Å². The van der Waals surface area contributed by atoms with E-state index >= 15 is 0 Å². The van der Waals surface area contributed by atoms with Crippen molar-refractivity contribution in [2.45, 2.75) is 19.5 Å². The third kappa shape index (κ3) is 3.61. The van der Waals surface area contributed by atoms with Gasteiger partial charge in [-0.3, -0.25) is 4.90 Å². The van der Waals surface area contributed by atoms with E-state index in [4.69, 9.17) is 9.47 Å². The molecule has 0 amide bonds. The van der Waals surface area contributed by atoms with E-state index in [1.807, 2.05) is 6.07 Å². The Hall–Kier alpha value is -0.780. The van der Waals surface area contributed by atoms with Gasteiger partial charge in [0.2, 0.25) is 0 Å². The highest BCUT2D eigenvalue weighted by Crippen LogP contribution is 2.33. The van der Waals surface area contributed by atoms with Crippen LogP contribution in [0, 0.1) is 0 Å². The third-order valence-corrected chi connectivity index (χ3v) is 4.02. The molecule has 0 bridgehead atoms. The fourth-order valence-electron chi connectivity index (χ4n) is 2.44. The van der Waals surface area contributed by atoms with Crippen LogP contribution in [-0.4, -0.2) is 44.8 Å². The molecule has 1 N–H and O–H groups in total. The predicted molar refractivity (Wildman–Crippen MR) is 80.0 cm³/mol. The number of benzene rings is 1. The average molecular weight is 329 g/mol. The third-order valence-electron chi connectivity index (χ3n) is 3.40. The van der Waals surface area contributed by atoms with Crippen molar-refractivity contribution in [3.8, 4) is 11.5 Å². The number of piperazine rings is 1. The van der Waals surface area contributed by atoms with Crippen molar-refractivity contribution < 1.29 is 9.47 Å². The van der Waals surface area contributed by atoms with Gasteiger partial charge in [-0.05, 0) is 35.0 Å². The standard InChI is InChI=1S/C14H21BrN2O2/c1-10-8-17(5-4-16-10)9-11-6-14(19-3)12(15)7-13(11)18-2/h6-7,10,16H,4-5,8-9H2,1-3H3. The lowest BCUT2D eigenvalue weighted by Crippen LogP contribution is -2.48. The van der Waals surface area contributed by atoms with Crippen molar-refractivity contribution >= 4 is 15.9 Å². The highest BCUT2D eigenvalue weighted by molar-refractivity contribution is 9.10. The fraction of sp³-hybridized carbons (Fsp3) is 0.571. The van der Waals surface area contributed by atoms with Crippen LogP contribution in [0.25, 0.3) is 0 Å². The zero-order chi connectivity index (χ0) is 13.8. The van der Waals surface area contributed by atoms with Crippen molar-refractivity contribution in [3.05, 3.63) is 22.2 Å². The lowest BCUT2D eigenvalue weighted by atomic mass is 10.1. The molecule has 0 spiro atoms. The molecule has 1 aromatic rings. The first-order chi connectivity index (χ1) is 9.13. The number of nitrogens with zero attached hydrogens (tertiary/aromatic N) is 1. The second-order valence-electron chi connectivity index (χ2n) is 4.89. The zero-order valence-corrected chi connectivity index (χ0v) is 13.3. The summed E-state index contributed by atoms with van der Waals surface area (Å²) in [5, 5.41) is 3.45. The van der Waals surface area contributed by atoms with E-state index in [9.17, 15) is 0 Å². The van der Waals surface area contributed by atoms with E-state index in [0.29, 0.717) is 6.04 Å². The molecule has 5 heteroatoms. The van der Waals surface area contributed by atoms with Gasteiger partial charge >= 0.3 is 0 Å². The van der Waals surface area contributed by atoms with Gasteiger partial charge < -0.3 is 14.8 Å². The summed E-state index contributed by atoms with van der Waals surface area (Å²) in [4.78, 5) is 2.44. The van der Waals surface area contributed by atoms with Crippen molar-refractivity contribution in [3.63, 3.8) is 0 Å². The van der Waals surface area contributed by atoms with Crippen molar-refractivity contribution in [2.75, 3.05) is 33.9 Å². The Morgan fingerprint density at radius 1 is 1.32 bits per heavy atom. The van der Waals surface area contributed by atoms with Gasteiger partial charge in [0.05, 0.1) is 18.7 Å². The Morgan fingerprint density at radius 3 is 2.68 bits per heavy atom. The van der Waals surface area contributed by atoms with Crippen molar-refractivity contribution in [1.82, 2.24) is 10.2 Å². The van der Waals surface area contributed by atoms with Crippen LogP contribution in [-0.2, 0) is 6.54 Å². The first-order valence-electron chi connectivity index (χ1n) is 6.50. The van der Waals surface area contributed by atoms with Crippen LogP contribution in [0.3, 0.4) is 0 Å². The van der Waals surface area contributed by atoms with Crippen molar-refractivity contribution in [1.29, 1.82) is 0 Å². The topological polar surface area (TPSA) is 33.7 Å². The Morgan fingerprint density at radius 2 is 2.05 bits per heavy atom. The van der Waals surface area contributed by atoms with Crippen LogP contribution in [0.4, 0.5) is 0 Å². The maximum atomic E-state index is 5.47. The summed E-state index contributed by atoms with van der Waals surface area (Å²) in [7, 11) is 3.39. The van der Waals surface area contributed by atoms with E-state index in [-0.39, 0.29) is 0 Å². The Kier molecular flexibility index (Phi) is 5.07. The first kappa shape index (κ1) is 14.6. The highest BCUT2D eigenvalue weighted by Gasteiger charge is 2.18. The smallest absolute Gasteiger partial charge is 0.133 e. The van der Waals surface area contributed by atoms with Gasteiger partial charge in [-0.1, -0.05) is 0 Å². The summed E-state index contributed by atoms with van der Waals surface area (Å²) >= 11 is 3.49. The number of nitrogens with one attached hydrogen (secondary N) is 1. The molecule has 2 rings (SSSR count). The average Bonchev–Trinajstić information content (AvgIpc) is 2.40. The minimum atomic E-state index is 0.539. The number of hydrogen-bond acceptors (Lipinski definition) is 4. The summed E-state index contributed by atoms with van der Waals surface area (Å²) in [6.45, 7) is 6.26. The van der Waals surface area contributed by atoms with Crippen LogP contribution in [0.15, 0.2) is 16.6 Å². The van der Waals surface area contributed by atoms with Crippen LogP contribution in [0.1, 0.15) is 12.5 Å². The molecule has 1 heterocycles. The van der Waals surface area contributed by atoms with E-state index in [1.165, 1.54) is 0 Å². The number of hydrogen-bond donors (Lipinski definition) is 1. The SMILES string of the molecule is COc1cc(CN2CCNC(C)C2)c(OC)cc1Br. The van der Waals surface area contributed by atoms with Crippen LogP contribution in [0.2, 0.25) is 0 Å². The largest absolute Gasteiger partial charge is 0.496 e. The molecular weight excluding hydrogens is 308 g/mol. The Balaban J connectivity index is 2.18. The summed E-state index contributed by atoms with van der Waals surface area (Å²) < 4.78 is 11.7. The molecule has 1 aliphatic heterocycles. The second kappa shape index (κ2) is 6.59.